The number of benzene rings is 1. The van der Waals surface area contributed by atoms with Crippen molar-refractivity contribution < 1.29 is 4.74 Å². The van der Waals surface area contributed by atoms with Crippen molar-refractivity contribution in [2.75, 3.05) is 18.8 Å². The highest BCUT2D eigenvalue weighted by Gasteiger charge is 2.22. The number of nitrogen functional groups attached to an aromatic ring is 1. The second kappa shape index (κ2) is 5.66. The minimum Gasteiger partial charge on any atom is -0.396 e. The lowest BCUT2D eigenvalue weighted by Gasteiger charge is -2.35. The Labute approximate surface area is 118 Å². The summed E-state index contributed by atoms with van der Waals surface area (Å²) in [6, 6.07) is 3.77. The van der Waals surface area contributed by atoms with Crippen LogP contribution in [0.4, 0.5) is 5.69 Å². The number of hydrogen-bond acceptors (Lipinski definition) is 3. The Morgan fingerprint density at radius 2 is 1.72 bits per heavy atom. The largest absolute Gasteiger partial charge is 0.396 e. The summed E-state index contributed by atoms with van der Waals surface area (Å²) in [5.41, 5.74) is 7.26. The van der Waals surface area contributed by atoms with Crippen LogP contribution < -0.4 is 5.73 Å². The standard InChI is InChI=1S/C13H18Cl2N2O/c1-8-5-17(6-9(2)18-8)7-10-3-11(14)13(16)12(15)4-10/h3-4,8-9H,5-7,16H2,1-2H3/t8-,9+. The van der Waals surface area contributed by atoms with Crippen molar-refractivity contribution in [2.45, 2.75) is 32.6 Å². The Bertz CT molecular complexity index is 406. The van der Waals surface area contributed by atoms with Gasteiger partial charge < -0.3 is 10.5 Å². The van der Waals surface area contributed by atoms with Crippen LogP contribution >= 0.6 is 23.2 Å². The predicted molar refractivity (Wildman–Crippen MR) is 76.2 cm³/mol. The Kier molecular flexibility index (Phi) is 4.38. The SMILES string of the molecule is C[C@@H]1CN(Cc2cc(Cl)c(N)c(Cl)c2)C[C@H](C)O1. The van der Waals surface area contributed by atoms with E-state index in [9.17, 15) is 0 Å². The van der Waals surface area contributed by atoms with Crippen molar-refractivity contribution in [1.29, 1.82) is 0 Å². The molecular weight excluding hydrogens is 271 g/mol. The number of nitrogens with zero attached hydrogens (tertiary/aromatic N) is 1. The average molecular weight is 289 g/mol. The highest BCUT2D eigenvalue weighted by Crippen LogP contribution is 2.29. The first-order valence-corrected chi connectivity index (χ1v) is 6.82. The second-order valence-corrected chi connectivity index (χ2v) is 5.74. The Morgan fingerprint density at radius 3 is 2.22 bits per heavy atom. The topological polar surface area (TPSA) is 38.5 Å². The molecule has 0 aliphatic carbocycles. The number of halogens is 2. The van der Waals surface area contributed by atoms with E-state index in [2.05, 4.69) is 18.7 Å². The first-order valence-electron chi connectivity index (χ1n) is 6.07. The van der Waals surface area contributed by atoms with Gasteiger partial charge in [0.1, 0.15) is 0 Å². The minimum atomic E-state index is 0.258. The van der Waals surface area contributed by atoms with Gasteiger partial charge in [0.25, 0.3) is 0 Å². The molecule has 18 heavy (non-hydrogen) atoms. The lowest BCUT2D eigenvalue weighted by molar-refractivity contribution is -0.0704. The summed E-state index contributed by atoms with van der Waals surface area (Å²) in [5, 5.41) is 1.04. The fourth-order valence-corrected chi connectivity index (χ4v) is 2.93. The van der Waals surface area contributed by atoms with Gasteiger partial charge in [-0.15, -0.1) is 0 Å². The highest BCUT2D eigenvalue weighted by atomic mass is 35.5. The van der Waals surface area contributed by atoms with Crippen molar-refractivity contribution in [1.82, 2.24) is 4.90 Å². The third-order valence-electron chi connectivity index (χ3n) is 3.04. The number of ether oxygens (including phenoxy) is 1. The van der Waals surface area contributed by atoms with Crippen LogP contribution in [0.5, 0.6) is 0 Å². The quantitative estimate of drug-likeness (QED) is 0.850. The molecule has 1 aliphatic heterocycles. The maximum Gasteiger partial charge on any atom is 0.0693 e. The van der Waals surface area contributed by atoms with Crippen LogP contribution in [0.15, 0.2) is 12.1 Å². The molecular formula is C13H18Cl2N2O. The van der Waals surface area contributed by atoms with Gasteiger partial charge in [-0.05, 0) is 31.5 Å². The Morgan fingerprint density at radius 1 is 1.22 bits per heavy atom. The van der Waals surface area contributed by atoms with Gasteiger partial charge in [-0.2, -0.15) is 0 Å². The zero-order valence-corrected chi connectivity index (χ0v) is 12.1. The molecule has 2 N–H and O–H groups in total. The van der Waals surface area contributed by atoms with Crippen LogP contribution in [0, 0.1) is 0 Å². The van der Waals surface area contributed by atoms with E-state index in [-0.39, 0.29) is 12.2 Å². The highest BCUT2D eigenvalue weighted by molar-refractivity contribution is 6.38. The van der Waals surface area contributed by atoms with Crippen molar-refractivity contribution in [3.05, 3.63) is 27.7 Å². The average Bonchev–Trinajstić information content (AvgIpc) is 2.24. The fraction of sp³-hybridized carbons (Fsp3) is 0.538. The molecule has 0 spiro atoms. The normalized spacial score (nSPS) is 25.3. The number of rotatable bonds is 2. The van der Waals surface area contributed by atoms with E-state index < -0.39 is 0 Å². The van der Waals surface area contributed by atoms with Crippen molar-refractivity contribution in [3.63, 3.8) is 0 Å². The fourth-order valence-electron chi connectivity index (χ4n) is 2.40. The van der Waals surface area contributed by atoms with Gasteiger partial charge in [0, 0.05) is 19.6 Å². The lowest BCUT2D eigenvalue weighted by atomic mass is 10.1. The summed E-state index contributed by atoms with van der Waals surface area (Å²) < 4.78 is 5.71. The maximum atomic E-state index is 6.04. The van der Waals surface area contributed by atoms with Crippen LogP contribution in [0.25, 0.3) is 0 Å². The van der Waals surface area contributed by atoms with E-state index in [0.29, 0.717) is 15.7 Å². The van der Waals surface area contributed by atoms with E-state index in [1.165, 1.54) is 0 Å². The second-order valence-electron chi connectivity index (χ2n) is 4.92. The molecule has 0 amide bonds. The van der Waals surface area contributed by atoms with Gasteiger partial charge >= 0.3 is 0 Å². The molecule has 3 nitrogen and oxygen atoms in total. The Balaban J connectivity index is 2.09. The summed E-state index contributed by atoms with van der Waals surface area (Å²) in [4.78, 5) is 2.34. The van der Waals surface area contributed by atoms with Gasteiger partial charge in [-0.1, -0.05) is 23.2 Å². The molecule has 0 aromatic heterocycles. The van der Waals surface area contributed by atoms with Gasteiger partial charge in [-0.3, -0.25) is 4.90 Å². The van der Waals surface area contributed by atoms with Crippen molar-refractivity contribution >= 4 is 28.9 Å². The third-order valence-corrected chi connectivity index (χ3v) is 3.67. The van der Waals surface area contributed by atoms with E-state index in [4.69, 9.17) is 33.7 Å². The van der Waals surface area contributed by atoms with E-state index in [1.54, 1.807) is 0 Å². The van der Waals surface area contributed by atoms with Gasteiger partial charge in [0.15, 0.2) is 0 Å². The minimum absolute atomic E-state index is 0.258. The maximum absolute atomic E-state index is 6.04. The smallest absolute Gasteiger partial charge is 0.0693 e. The number of anilines is 1. The molecule has 100 valence electrons. The van der Waals surface area contributed by atoms with E-state index >= 15 is 0 Å². The molecule has 1 aromatic carbocycles. The molecule has 1 heterocycles. The van der Waals surface area contributed by atoms with Crippen LogP contribution in [0.3, 0.4) is 0 Å². The first kappa shape index (κ1) is 13.9. The van der Waals surface area contributed by atoms with E-state index in [0.717, 1.165) is 25.2 Å². The molecule has 1 aliphatic rings. The third kappa shape index (κ3) is 3.29. The van der Waals surface area contributed by atoms with Crippen molar-refractivity contribution in [2.24, 2.45) is 0 Å². The summed E-state index contributed by atoms with van der Waals surface area (Å²) in [5.74, 6) is 0. The monoisotopic (exact) mass is 288 g/mol. The molecule has 0 bridgehead atoms. The Hall–Kier alpha value is -0.480. The zero-order valence-electron chi connectivity index (χ0n) is 10.6. The summed E-state index contributed by atoms with van der Waals surface area (Å²) >= 11 is 12.1. The molecule has 2 rings (SSSR count). The van der Waals surface area contributed by atoms with Gasteiger partial charge in [0.2, 0.25) is 0 Å². The molecule has 5 heteroatoms. The molecule has 0 saturated carbocycles. The number of morpholine rings is 1. The molecule has 1 fully saturated rings. The van der Waals surface area contributed by atoms with E-state index in [1.807, 2.05) is 12.1 Å². The molecule has 0 unspecified atom stereocenters. The summed E-state index contributed by atoms with van der Waals surface area (Å²) in [7, 11) is 0. The van der Waals surface area contributed by atoms with Crippen LogP contribution in [-0.2, 0) is 11.3 Å². The number of nitrogens with two attached hydrogens (primary N) is 1. The van der Waals surface area contributed by atoms with Crippen LogP contribution in [0.1, 0.15) is 19.4 Å². The van der Waals surface area contributed by atoms with Crippen LogP contribution in [0.2, 0.25) is 10.0 Å². The summed E-state index contributed by atoms with van der Waals surface area (Å²) in [6.07, 6.45) is 0.516. The molecule has 1 aromatic rings. The number of hydrogen-bond donors (Lipinski definition) is 1. The van der Waals surface area contributed by atoms with Crippen molar-refractivity contribution in [3.8, 4) is 0 Å². The molecule has 0 radical (unpaired) electrons. The lowest BCUT2D eigenvalue weighted by Crippen LogP contribution is -2.44. The van der Waals surface area contributed by atoms with Gasteiger partial charge in [-0.25, -0.2) is 0 Å². The first-order chi connectivity index (χ1) is 8.45. The molecule has 1 saturated heterocycles. The summed E-state index contributed by atoms with van der Waals surface area (Å²) in [6.45, 7) is 6.84. The predicted octanol–water partition coefficient (Wildman–Crippen LogP) is 3.18. The van der Waals surface area contributed by atoms with Gasteiger partial charge in [0.05, 0.1) is 27.9 Å². The van der Waals surface area contributed by atoms with Crippen LogP contribution in [-0.4, -0.2) is 30.2 Å². The molecule has 2 atom stereocenters. The zero-order chi connectivity index (χ0) is 13.3.